The van der Waals surface area contributed by atoms with Crippen LogP contribution < -0.4 is 10.6 Å². The Labute approximate surface area is 133 Å². The Kier molecular flexibility index (Phi) is 6.19. The Hall–Kier alpha value is -2.31. The maximum Gasteiger partial charge on any atom is 0.238 e. The van der Waals surface area contributed by atoms with Crippen LogP contribution in [-0.4, -0.2) is 24.2 Å². The van der Waals surface area contributed by atoms with Crippen molar-refractivity contribution in [2.75, 3.05) is 18.5 Å². The zero-order valence-corrected chi connectivity index (χ0v) is 12.4. The first-order valence-electron chi connectivity index (χ1n) is 7.24. The average Bonchev–Trinajstić information content (AvgIpc) is 2.56. The van der Waals surface area contributed by atoms with Gasteiger partial charge in [0.1, 0.15) is 0 Å². The molecule has 2 aromatic rings. The van der Waals surface area contributed by atoms with E-state index in [1.165, 1.54) is 6.07 Å². The SMILES string of the molecule is O=C(CNC(CCO)c1ccccc1)Nc1ccc(F)c(F)c1. The summed E-state index contributed by atoms with van der Waals surface area (Å²) in [6, 6.07) is 12.4. The van der Waals surface area contributed by atoms with Crippen molar-refractivity contribution in [3.05, 3.63) is 65.7 Å². The normalized spacial score (nSPS) is 12.0. The van der Waals surface area contributed by atoms with Crippen LogP contribution in [0.15, 0.2) is 48.5 Å². The van der Waals surface area contributed by atoms with Crippen molar-refractivity contribution < 1.29 is 18.7 Å². The molecule has 3 N–H and O–H groups in total. The summed E-state index contributed by atoms with van der Waals surface area (Å²) in [5.41, 5.74) is 1.15. The molecule has 0 bridgehead atoms. The van der Waals surface area contributed by atoms with E-state index in [2.05, 4.69) is 10.6 Å². The molecule has 23 heavy (non-hydrogen) atoms. The molecule has 0 spiro atoms. The number of hydrogen-bond donors (Lipinski definition) is 3. The topological polar surface area (TPSA) is 61.4 Å². The Morgan fingerprint density at radius 2 is 1.83 bits per heavy atom. The second kappa shape index (κ2) is 8.36. The van der Waals surface area contributed by atoms with Crippen LogP contribution in [0.25, 0.3) is 0 Å². The highest BCUT2D eigenvalue weighted by molar-refractivity contribution is 5.92. The van der Waals surface area contributed by atoms with Crippen LogP contribution in [0.4, 0.5) is 14.5 Å². The lowest BCUT2D eigenvalue weighted by molar-refractivity contribution is -0.115. The number of rotatable bonds is 7. The molecule has 0 radical (unpaired) electrons. The number of carbonyl (C=O) groups is 1. The van der Waals surface area contributed by atoms with Gasteiger partial charge in [-0.25, -0.2) is 8.78 Å². The smallest absolute Gasteiger partial charge is 0.238 e. The summed E-state index contributed by atoms with van der Waals surface area (Å²) >= 11 is 0. The molecular formula is C17H18F2N2O2. The molecule has 0 aliphatic rings. The van der Waals surface area contributed by atoms with Crippen molar-refractivity contribution in [1.82, 2.24) is 5.32 Å². The predicted molar refractivity (Wildman–Crippen MR) is 83.9 cm³/mol. The monoisotopic (exact) mass is 320 g/mol. The van der Waals surface area contributed by atoms with Crippen molar-refractivity contribution in [3.8, 4) is 0 Å². The van der Waals surface area contributed by atoms with Gasteiger partial charge in [-0.1, -0.05) is 30.3 Å². The molecule has 0 aromatic heterocycles. The lowest BCUT2D eigenvalue weighted by Gasteiger charge is -2.18. The molecule has 1 atom stereocenters. The zero-order chi connectivity index (χ0) is 16.7. The summed E-state index contributed by atoms with van der Waals surface area (Å²) in [4.78, 5) is 11.9. The molecule has 1 amide bonds. The highest BCUT2D eigenvalue weighted by Crippen LogP contribution is 2.16. The number of anilines is 1. The minimum absolute atomic E-state index is 0.0153. The Bertz CT molecular complexity index is 650. The van der Waals surface area contributed by atoms with Gasteiger partial charge in [-0.3, -0.25) is 4.79 Å². The summed E-state index contributed by atoms with van der Waals surface area (Å²) in [5.74, 6) is -2.36. The van der Waals surface area contributed by atoms with Gasteiger partial charge < -0.3 is 15.7 Å². The van der Waals surface area contributed by atoms with E-state index in [1.807, 2.05) is 30.3 Å². The van der Waals surface area contributed by atoms with Crippen LogP contribution in [0, 0.1) is 11.6 Å². The number of amides is 1. The molecule has 4 nitrogen and oxygen atoms in total. The molecule has 2 aromatic carbocycles. The van der Waals surface area contributed by atoms with Crippen molar-refractivity contribution in [3.63, 3.8) is 0 Å². The second-order valence-corrected chi connectivity index (χ2v) is 5.03. The number of halogens is 2. The maximum atomic E-state index is 13.1. The maximum absolute atomic E-state index is 13.1. The molecule has 0 fully saturated rings. The summed E-state index contributed by atoms with van der Waals surface area (Å²) < 4.78 is 25.9. The van der Waals surface area contributed by atoms with Gasteiger partial charge in [-0.2, -0.15) is 0 Å². The van der Waals surface area contributed by atoms with E-state index >= 15 is 0 Å². The summed E-state index contributed by atoms with van der Waals surface area (Å²) in [6.07, 6.45) is 0.461. The largest absolute Gasteiger partial charge is 0.396 e. The third-order valence-corrected chi connectivity index (χ3v) is 3.33. The number of nitrogens with one attached hydrogen (secondary N) is 2. The third kappa shape index (κ3) is 5.12. The van der Waals surface area contributed by atoms with Crippen molar-refractivity contribution in [2.45, 2.75) is 12.5 Å². The number of aliphatic hydroxyl groups excluding tert-OH is 1. The van der Waals surface area contributed by atoms with Gasteiger partial charge >= 0.3 is 0 Å². The fourth-order valence-corrected chi connectivity index (χ4v) is 2.20. The van der Waals surface area contributed by atoms with Crippen LogP contribution in [0.5, 0.6) is 0 Å². The van der Waals surface area contributed by atoms with Gasteiger partial charge in [0.15, 0.2) is 11.6 Å². The molecule has 122 valence electrons. The van der Waals surface area contributed by atoms with Gasteiger partial charge in [0.2, 0.25) is 5.91 Å². The number of benzene rings is 2. The van der Waals surface area contributed by atoms with Gasteiger partial charge in [0, 0.05) is 24.4 Å². The van der Waals surface area contributed by atoms with Crippen LogP contribution in [0.1, 0.15) is 18.0 Å². The summed E-state index contributed by atoms with van der Waals surface area (Å²) in [6.45, 7) is -0.0318. The van der Waals surface area contributed by atoms with Crippen LogP contribution >= 0.6 is 0 Å². The van der Waals surface area contributed by atoms with E-state index in [1.54, 1.807) is 0 Å². The Balaban J connectivity index is 1.92. The molecule has 0 aliphatic heterocycles. The summed E-state index contributed by atoms with van der Waals surface area (Å²) in [5, 5.41) is 14.7. The zero-order valence-electron chi connectivity index (χ0n) is 12.4. The van der Waals surface area contributed by atoms with Crippen molar-refractivity contribution >= 4 is 11.6 Å². The van der Waals surface area contributed by atoms with Crippen molar-refractivity contribution in [1.29, 1.82) is 0 Å². The van der Waals surface area contributed by atoms with Gasteiger partial charge in [-0.05, 0) is 24.1 Å². The number of aliphatic hydroxyl groups is 1. The quantitative estimate of drug-likeness (QED) is 0.735. The first-order valence-corrected chi connectivity index (χ1v) is 7.24. The molecule has 0 heterocycles. The minimum atomic E-state index is -1.02. The third-order valence-electron chi connectivity index (χ3n) is 3.33. The standard InChI is InChI=1S/C17H18F2N2O2/c18-14-7-6-13(10-15(14)19)21-17(23)11-20-16(8-9-22)12-4-2-1-3-5-12/h1-7,10,16,20,22H,8-9,11H2,(H,21,23). The minimum Gasteiger partial charge on any atom is -0.396 e. The highest BCUT2D eigenvalue weighted by atomic mass is 19.2. The van der Waals surface area contributed by atoms with Crippen molar-refractivity contribution in [2.24, 2.45) is 0 Å². The average molecular weight is 320 g/mol. The van der Waals surface area contributed by atoms with E-state index < -0.39 is 11.6 Å². The molecule has 1 unspecified atom stereocenters. The predicted octanol–water partition coefficient (Wildman–Crippen LogP) is 2.62. The fourth-order valence-electron chi connectivity index (χ4n) is 2.20. The van der Waals surface area contributed by atoms with Crippen LogP contribution in [0.3, 0.4) is 0 Å². The number of hydrogen-bond acceptors (Lipinski definition) is 3. The molecule has 0 aliphatic carbocycles. The Morgan fingerprint density at radius 3 is 2.48 bits per heavy atom. The first kappa shape index (κ1) is 17.1. The van der Waals surface area contributed by atoms with Gasteiger partial charge in [-0.15, -0.1) is 0 Å². The lowest BCUT2D eigenvalue weighted by Crippen LogP contribution is -2.31. The van der Waals surface area contributed by atoms with Gasteiger partial charge in [0.05, 0.1) is 6.54 Å². The molecule has 6 heteroatoms. The first-order chi connectivity index (χ1) is 11.1. The lowest BCUT2D eigenvalue weighted by atomic mass is 10.0. The molecule has 2 rings (SSSR count). The van der Waals surface area contributed by atoms with Crippen LogP contribution in [-0.2, 0) is 4.79 Å². The summed E-state index contributed by atoms with van der Waals surface area (Å²) in [7, 11) is 0. The van der Waals surface area contributed by atoms with E-state index in [9.17, 15) is 13.6 Å². The Morgan fingerprint density at radius 1 is 1.09 bits per heavy atom. The molecule has 0 saturated carbocycles. The van der Waals surface area contributed by atoms with Gasteiger partial charge in [0.25, 0.3) is 0 Å². The second-order valence-electron chi connectivity index (χ2n) is 5.03. The molecular weight excluding hydrogens is 302 g/mol. The molecule has 0 saturated heterocycles. The van der Waals surface area contributed by atoms with E-state index in [0.717, 1.165) is 17.7 Å². The van der Waals surface area contributed by atoms with E-state index in [-0.39, 0.29) is 30.8 Å². The van der Waals surface area contributed by atoms with Crippen LogP contribution in [0.2, 0.25) is 0 Å². The van der Waals surface area contributed by atoms with E-state index in [4.69, 9.17) is 5.11 Å². The van der Waals surface area contributed by atoms with E-state index in [0.29, 0.717) is 6.42 Å². The fraction of sp³-hybridized carbons (Fsp3) is 0.235. The highest BCUT2D eigenvalue weighted by Gasteiger charge is 2.12. The number of carbonyl (C=O) groups excluding carboxylic acids is 1.